The molecule has 1 aliphatic rings. The minimum atomic E-state index is -0.0243. The summed E-state index contributed by atoms with van der Waals surface area (Å²) in [5.74, 6) is -0.0243. The van der Waals surface area contributed by atoms with Crippen molar-refractivity contribution < 1.29 is 4.79 Å². The lowest BCUT2D eigenvalue weighted by Gasteiger charge is -2.31. The number of hydrogen-bond donors (Lipinski definition) is 2. The quantitative estimate of drug-likeness (QED) is 0.835. The molecule has 3 rings (SSSR count). The predicted octanol–water partition coefficient (Wildman–Crippen LogP) is 2.88. The fourth-order valence-electron chi connectivity index (χ4n) is 2.37. The molecule has 0 saturated carbocycles. The second kappa shape index (κ2) is 5.06. The van der Waals surface area contributed by atoms with Crippen LogP contribution in [-0.2, 0) is 11.3 Å². The topological polar surface area (TPSA) is 58.4 Å². The Kier molecular flexibility index (Phi) is 3.24. The number of para-hydroxylation sites is 2. The summed E-state index contributed by atoms with van der Waals surface area (Å²) >= 11 is 6.20. The summed E-state index contributed by atoms with van der Waals surface area (Å²) in [6.45, 7) is 0.858. The molecule has 0 radical (unpaired) electrons. The number of fused-ring (bicyclic) bond motifs is 1. The van der Waals surface area contributed by atoms with Crippen LogP contribution in [0.15, 0.2) is 42.5 Å². The van der Waals surface area contributed by atoms with Crippen molar-refractivity contribution in [1.29, 1.82) is 0 Å². The van der Waals surface area contributed by atoms with Crippen LogP contribution in [0, 0.1) is 0 Å². The highest BCUT2D eigenvalue weighted by atomic mass is 35.5. The first kappa shape index (κ1) is 12.8. The maximum absolute atomic E-state index is 11.8. The lowest BCUT2D eigenvalue weighted by molar-refractivity contribution is -0.115. The van der Waals surface area contributed by atoms with Crippen LogP contribution in [0.2, 0.25) is 5.02 Å². The van der Waals surface area contributed by atoms with Crippen molar-refractivity contribution in [2.75, 3.05) is 22.5 Å². The predicted molar refractivity (Wildman–Crippen MR) is 82.0 cm³/mol. The van der Waals surface area contributed by atoms with E-state index in [2.05, 4.69) is 5.32 Å². The fraction of sp³-hybridized carbons (Fsp3) is 0.133. The van der Waals surface area contributed by atoms with Crippen LogP contribution in [0.1, 0.15) is 5.56 Å². The number of hydrogen-bond acceptors (Lipinski definition) is 3. The fourth-order valence-corrected chi connectivity index (χ4v) is 2.54. The summed E-state index contributed by atoms with van der Waals surface area (Å²) in [5.41, 5.74) is 9.19. The van der Waals surface area contributed by atoms with E-state index in [1.54, 1.807) is 12.1 Å². The third-order valence-electron chi connectivity index (χ3n) is 3.28. The van der Waals surface area contributed by atoms with Crippen LogP contribution >= 0.6 is 11.6 Å². The summed E-state index contributed by atoms with van der Waals surface area (Å²) in [5, 5.41) is 3.52. The lowest BCUT2D eigenvalue weighted by Crippen LogP contribution is -2.37. The highest BCUT2D eigenvalue weighted by Gasteiger charge is 2.22. The summed E-state index contributed by atoms with van der Waals surface area (Å²) in [6, 6.07) is 13.1. The van der Waals surface area contributed by atoms with Gasteiger partial charge in [0.2, 0.25) is 5.91 Å². The summed E-state index contributed by atoms with van der Waals surface area (Å²) in [4.78, 5) is 13.8. The number of carbonyl (C=O) groups is 1. The average Bonchev–Trinajstić information content (AvgIpc) is 2.43. The molecule has 20 heavy (non-hydrogen) atoms. The molecule has 1 aliphatic heterocycles. The van der Waals surface area contributed by atoms with Crippen molar-refractivity contribution in [3.63, 3.8) is 0 Å². The van der Waals surface area contributed by atoms with Gasteiger partial charge in [-0.2, -0.15) is 0 Å². The average molecular weight is 288 g/mol. The Hall–Kier alpha value is -2.20. The highest BCUT2D eigenvalue weighted by Crippen LogP contribution is 2.31. The number of benzene rings is 2. The van der Waals surface area contributed by atoms with Gasteiger partial charge in [0.25, 0.3) is 0 Å². The minimum absolute atomic E-state index is 0.0243. The van der Waals surface area contributed by atoms with Gasteiger partial charge >= 0.3 is 0 Å². The van der Waals surface area contributed by atoms with Crippen LogP contribution in [-0.4, -0.2) is 12.5 Å². The zero-order valence-electron chi connectivity index (χ0n) is 10.8. The van der Waals surface area contributed by atoms with Gasteiger partial charge in [-0.1, -0.05) is 23.7 Å². The monoisotopic (exact) mass is 287 g/mol. The van der Waals surface area contributed by atoms with Gasteiger partial charge in [0.15, 0.2) is 0 Å². The van der Waals surface area contributed by atoms with Crippen LogP contribution in [0.3, 0.4) is 0 Å². The molecule has 2 aromatic rings. The first-order chi connectivity index (χ1) is 9.63. The van der Waals surface area contributed by atoms with E-state index in [4.69, 9.17) is 17.3 Å². The van der Waals surface area contributed by atoms with Gasteiger partial charge in [-0.15, -0.1) is 0 Å². The third-order valence-corrected chi connectivity index (χ3v) is 3.65. The van der Waals surface area contributed by atoms with Crippen LogP contribution in [0.4, 0.5) is 17.1 Å². The van der Waals surface area contributed by atoms with E-state index < -0.39 is 0 Å². The number of nitrogens with zero attached hydrogens (tertiary/aromatic N) is 1. The van der Waals surface area contributed by atoms with Gasteiger partial charge in [0.05, 0.1) is 17.9 Å². The molecular weight excluding hydrogens is 274 g/mol. The van der Waals surface area contributed by atoms with E-state index in [0.717, 1.165) is 16.9 Å². The standard InChI is InChI=1S/C15H14ClN3O/c16-12-6-5-11(17)7-10(12)8-19-9-15(20)18-13-3-1-2-4-14(13)19/h1-7H,8-9,17H2,(H,18,20). The number of halogens is 1. The number of nitrogens with two attached hydrogens (primary N) is 1. The van der Waals surface area contributed by atoms with Crippen molar-refractivity contribution in [3.05, 3.63) is 53.1 Å². The molecule has 0 saturated heterocycles. The van der Waals surface area contributed by atoms with Crippen LogP contribution < -0.4 is 16.0 Å². The summed E-state index contributed by atoms with van der Waals surface area (Å²) in [7, 11) is 0. The molecular formula is C15H14ClN3O. The molecule has 3 N–H and O–H groups in total. The summed E-state index contributed by atoms with van der Waals surface area (Å²) < 4.78 is 0. The molecule has 0 atom stereocenters. The summed E-state index contributed by atoms with van der Waals surface area (Å²) in [6.07, 6.45) is 0. The molecule has 102 valence electrons. The Morgan fingerprint density at radius 1 is 1.25 bits per heavy atom. The number of carbonyl (C=O) groups excluding carboxylic acids is 1. The smallest absolute Gasteiger partial charge is 0.243 e. The number of nitrogens with one attached hydrogen (secondary N) is 1. The first-order valence-electron chi connectivity index (χ1n) is 6.31. The Balaban J connectivity index is 1.95. The molecule has 0 aromatic heterocycles. The molecule has 5 heteroatoms. The van der Waals surface area contributed by atoms with Gasteiger partial charge in [-0.25, -0.2) is 0 Å². The van der Waals surface area contributed by atoms with Crippen molar-refractivity contribution in [2.24, 2.45) is 0 Å². The van der Waals surface area contributed by atoms with Crippen molar-refractivity contribution in [2.45, 2.75) is 6.54 Å². The van der Waals surface area contributed by atoms with Crippen LogP contribution in [0.25, 0.3) is 0 Å². The van der Waals surface area contributed by atoms with E-state index in [0.29, 0.717) is 23.8 Å². The van der Waals surface area contributed by atoms with E-state index in [9.17, 15) is 4.79 Å². The Labute approximate surface area is 122 Å². The molecule has 1 heterocycles. The maximum atomic E-state index is 11.8. The molecule has 4 nitrogen and oxygen atoms in total. The number of anilines is 3. The molecule has 0 fully saturated rings. The van der Waals surface area contributed by atoms with Crippen molar-refractivity contribution in [1.82, 2.24) is 0 Å². The molecule has 0 bridgehead atoms. The van der Waals surface area contributed by atoms with E-state index >= 15 is 0 Å². The van der Waals surface area contributed by atoms with Crippen LogP contribution in [0.5, 0.6) is 0 Å². The largest absolute Gasteiger partial charge is 0.399 e. The van der Waals surface area contributed by atoms with Gasteiger partial charge in [0.1, 0.15) is 0 Å². The van der Waals surface area contributed by atoms with E-state index in [1.807, 2.05) is 35.2 Å². The maximum Gasteiger partial charge on any atom is 0.243 e. The number of rotatable bonds is 2. The van der Waals surface area contributed by atoms with Gasteiger partial charge < -0.3 is 16.0 Å². The van der Waals surface area contributed by atoms with Gasteiger partial charge in [-0.3, -0.25) is 4.79 Å². The Bertz CT molecular complexity index is 672. The molecule has 0 unspecified atom stereocenters. The van der Waals surface area contributed by atoms with Crippen molar-refractivity contribution in [3.8, 4) is 0 Å². The Morgan fingerprint density at radius 2 is 2.05 bits per heavy atom. The highest BCUT2D eigenvalue weighted by molar-refractivity contribution is 6.31. The number of nitrogen functional groups attached to an aromatic ring is 1. The van der Waals surface area contributed by atoms with Gasteiger partial charge in [0, 0.05) is 17.3 Å². The zero-order chi connectivity index (χ0) is 14.1. The second-order valence-corrected chi connectivity index (χ2v) is 5.18. The van der Waals surface area contributed by atoms with E-state index in [1.165, 1.54) is 0 Å². The second-order valence-electron chi connectivity index (χ2n) is 4.77. The SMILES string of the molecule is Nc1ccc(Cl)c(CN2CC(=O)Nc3ccccc32)c1. The third kappa shape index (κ3) is 2.42. The molecule has 0 spiro atoms. The zero-order valence-corrected chi connectivity index (χ0v) is 11.5. The van der Waals surface area contributed by atoms with Gasteiger partial charge in [-0.05, 0) is 35.9 Å². The molecule has 0 aliphatic carbocycles. The number of amides is 1. The lowest BCUT2D eigenvalue weighted by atomic mass is 10.1. The normalized spacial score (nSPS) is 13.8. The first-order valence-corrected chi connectivity index (χ1v) is 6.69. The van der Waals surface area contributed by atoms with Crippen molar-refractivity contribution >= 4 is 34.6 Å². The Morgan fingerprint density at radius 3 is 2.90 bits per heavy atom. The van der Waals surface area contributed by atoms with E-state index in [-0.39, 0.29) is 5.91 Å². The molecule has 2 aromatic carbocycles. The molecule has 1 amide bonds. The minimum Gasteiger partial charge on any atom is -0.399 e.